The summed E-state index contributed by atoms with van der Waals surface area (Å²) >= 11 is 0. The molecule has 1 saturated heterocycles. The summed E-state index contributed by atoms with van der Waals surface area (Å²) < 4.78 is 6.02. The highest BCUT2D eigenvalue weighted by atomic mass is 16.5. The van der Waals surface area contributed by atoms with Gasteiger partial charge in [-0.25, -0.2) is 0 Å². The number of carbonyl (C=O) groups excluding carboxylic acids is 1. The fourth-order valence-electron chi connectivity index (χ4n) is 3.01. The lowest BCUT2D eigenvalue weighted by atomic mass is 9.84. The first-order valence-electron chi connectivity index (χ1n) is 7.49. The van der Waals surface area contributed by atoms with Gasteiger partial charge in [-0.2, -0.15) is 0 Å². The Morgan fingerprint density at radius 2 is 1.81 bits per heavy atom. The summed E-state index contributed by atoms with van der Waals surface area (Å²) in [6, 6.07) is 17.9. The Morgan fingerprint density at radius 1 is 1.10 bits per heavy atom. The fourth-order valence-corrected chi connectivity index (χ4v) is 3.01. The minimum Gasteiger partial charge on any atom is -0.370 e. The van der Waals surface area contributed by atoms with Gasteiger partial charge < -0.3 is 4.74 Å². The summed E-state index contributed by atoms with van der Waals surface area (Å²) in [5, 5.41) is 0. The summed E-state index contributed by atoms with van der Waals surface area (Å²) in [6.07, 6.45) is 2.34. The Labute approximate surface area is 125 Å². The quantitative estimate of drug-likeness (QED) is 0.782. The molecule has 1 unspecified atom stereocenters. The van der Waals surface area contributed by atoms with Crippen LogP contribution in [0.2, 0.25) is 0 Å². The molecule has 1 fully saturated rings. The minimum absolute atomic E-state index is 0.153. The maximum atomic E-state index is 12.6. The molecule has 1 heterocycles. The highest BCUT2D eigenvalue weighted by molar-refractivity contribution is 5.96. The number of ketones is 1. The SMILES string of the molecule is Cc1ccc(C(=O)CC2(c3ccccc3)CCCO2)cc1. The molecular weight excluding hydrogens is 260 g/mol. The number of carbonyl (C=O) groups is 1. The molecule has 1 atom stereocenters. The van der Waals surface area contributed by atoms with Gasteiger partial charge in [-0.15, -0.1) is 0 Å². The molecule has 0 saturated carbocycles. The third kappa shape index (κ3) is 2.91. The molecule has 1 aliphatic heterocycles. The normalized spacial score (nSPS) is 21.4. The summed E-state index contributed by atoms with van der Waals surface area (Å²) in [5.74, 6) is 0.153. The van der Waals surface area contributed by atoms with Crippen LogP contribution in [0, 0.1) is 6.92 Å². The van der Waals surface area contributed by atoms with Gasteiger partial charge in [-0.1, -0.05) is 60.2 Å². The van der Waals surface area contributed by atoms with Crippen LogP contribution in [0.4, 0.5) is 0 Å². The molecule has 108 valence electrons. The number of benzene rings is 2. The third-order valence-corrected chi connectivity index (χ3v) is 4.22. The van der Waals surface area contributed by atoms with E-state index in [1.807, 2.05) is 49.4 Å². The average molecular weight is 280 g/mol. The van der Waals surface area contributed by atoms with Gasteiger partial charge >= 0.3 is 0 Å². The molecule has 3 rings (SSSR count). The smallest absolute Gasteiger partial charge is 0.166 e. The number of Topliss-reactive ketones (excluding diaryl/α,β-unsaturated/α-hetero) is 1. The van der Waals surface area contributed by atoms with Crippen molar-refractivity contribution < 1.29 is 9.53 Å². The van der Waals surface area contributed by atoms with Crippen LogP contribution >= 0.6 is 0 Å². The predicted molar refractivity (Wildman–Crippen MR) is 83.4 cm³/mol. The van der Waals surface area contributed by atoms with E-state index in [1.54, 1.807) is 0 Å². The maximum absolute atomic E-state index is 12.6. The van der Waals surface area contributed by atoms with Crippen LogP contribution in [0.1, 0.15) is 40.7 Å². The van der Waals surface area contributed by atoms with Gasteiger partial charge in [-0.05, 0) is 25.3 Å². The molecule has 0 amide bonds. The number of hydrogen-bond acceptors (Lipinski definition) is 2. The van der Waals surface area contributed by atoms with Crippen molar-refractivity contribution in [3.05, 3.63) is 71.3 Å². The topological polar surface area (TPSA) is 26.3 Å². The molecule has 2 aromatic carbocycles. The van der Waals surface area contributed by atoms with E-state index in [0.29, 0.717) is 6.42 Å². The monoisotopic (exact) mass is 280 g/mol. The lowest BCUT2D eigenvalue weighted by Crippen LogP contribution is -2.28. The first kappa shape index (κ1) is 14.0. The summed E-state index contributed by atoms with van der Waals surface area (Å²) in [7, 11) is 0. The van der Waals surface area contributed by atoms with Crippen LogP contribution < -0.4 is 0 Å². The molecule has 0 N–H and O–H groups in total. The fraction of sp³-hybridized carbons (Fsp3) is 0.316. The second-order valence-electron chi connectivity index (χ2n) is 5.78. The van der Waals surface area contributed by atoms with Gasteiger partial charge in [-0.3, -0.25) is 4.79 Å². The average Bonchev–Trinajstić information content (AvgIpc) is 2.98. The lowest BCUT2D eigenvalue weighted by molar-refractivity contribution is -0.00323. The Kier molecular flexibility index (Phi) is 3.89. The zero-order chi connectivity index (χ0) is 14.7. The summed E-state index contributed by atoms with van der Waals surface area (Å²) in [6.45, 7) is 2.76. The highest BCUT2D eigenvalue weighted by Gasteiger charge is 2.39. The first-order valence-corrected chi connectivity index (χ1v) is 7.49. The Morgan fingerprint density at radius 3 is 2.43 bits per heavy atom. The van der Waals surface area contributed by atoms with Crippen LogP contribution in [0.5, 0.6) is 0 Å². The zero-order valence-electron chi connectivity index (χ0n) is 12.3. The van der Waals surface area contributed by atoms with Gasteiger partial charge in [0.2, 0.25) is 0 Å². The van der Waals surface area contributed by atoms with Crippen molar-refractivity contribution in [2.75, 3.05) is 6.61 Å². The van der Waals surface area contributed by atoms with Gasteiger partial charge in [0.25, 0.3) is 0 Å². The third-order valence-electron chi connectivity index (χ3n) is 4.22. The number of aryl methyl sites for hydroxylation is 1. The van der Waals surface area contributed by atoms with Crippen molar-refractivity contribution in [2.24, 2.45) is 0 Å². The largest absolute Gasteiger partial charge is 0.370 e. The molecule has 21 heavy (non-hydrogen) atoms. The second-order valence-corrected chi connectivity index (χ2v) is 5.78. The van der Waals surface area contributed by atoms with E-state index in [9.17, 15) is 4.79 Å². The van der Waals surface area contributed by atoms with Crippen LogP contribution in [0.3, 0.4) is 0 Å². The molecule has 2 heteroatoms. The van der Waals surface area contributed by atoms with Crippen molar-refractivity contribution in [3.8, 4) is 0 Å². The van der Waals surface area contributed by atoms with E-state index in [4.69, 9.17) is 4.74 Å². The lowest BCUT2D eigenvalue weighted by Gasteiger charge is -2.28. The van der Waals surface area contributed by atoms with Gasteiger partial charge in [0.05, 0.1) is 0 Å². The zero-order valence-corrected chi connectivity index (χ0v) is 12.3. The Balaban J connectivity index is 1.86. The first-order chi connectivity index (χ1) is 10.2. The van der Waals surface area contributed by atoms with Crippen LogP contribution in [-0.2, 0) is 10.3 Å². The van der Waals surface area contributed by atoms with Crippen molar-refractivity contribution in [1.82, 2.24) is 0 Å². The van der Waals surface area contributed by atoms with Crippen LogP contribution in [0.25, 0.3) is 0 Å². The molecular formula is C19H20O2. The van der Waals surface area contributed by atoms with E-state index < -0.39 is 5.60 Å². The van der Waals surface area contributed by atoms with Gasteiger partial charge in [0.1, 0.15) is 5.60 Å². The predicted octanol–water partition coefficient (Wildman–Crippen LogP) is 4.27. The highest BCUT2D eigenvalue weighted by Crippen LogP contribution is 2.40. The second kappa shape index (κ2) is 5.82. The number of ether oxygens (including phenoxy) is 1. The van der Waals surface area contributed by atoms with Crippen molar-refractivity contribution in [2.45, 2.75) is 31.8 Å². The van der Waals surface area contributed by atoms with Crippen molar-refractivity contribution in [1.29, 1.82) is 0 Å². The minimum atomic E-state index is -0.441. The maximum Gasteiger partial charge on any atom is 0.166 e. The molecule has 0 bridgehead atoms. The van der Waals surface area contributed by atoms with E-state index in [-0.39, 0.29) is 5.78 Å². The van der Waals surface area contributed by atoms with E-state index in [2.05, 4.69) is 12.1 Å². The number of rotatable bonds is 4. The molecule has 2 nitrogen and oxygen atoms in total. The van der Waals surface area contributed by atoms with Gasteiger partial charge in [0, 0.05) is 18.6 Å². The van der Waals surface area contributed by atoms with E-state index in [1.165, 1.54) is 5.56 Å². The molecule has 0 aliphatic carbocycles. The molecule has 0 radical (unpaired) electrons. The molecule has 0 aromatic heterocycles. The molecule has 2 aromatic rings. The van der Waals surface area contributed by atoms with Gasteiger partial charge in [0.15, 0.2) is 5.78 Å². The summed E-state index contributed by atoms with van der Waals surface area (Å²) in [5.41, 5.74) is 2.61. The summed E-state index contributed by atoms with van der Waals surface area (Å²) in [4.78, 5) is 12.6. The molecule has 0 spiro atoms. The molecule has 1 aliphatic rings. The van der Waals surface area contributed by atoms with E-state index >= 15 is 0 Å². The van der Waals surface area contributed by atoms with E-state index in [0.717, 1.165) is 30.6 Å². The van der Waals surface area contributed by atoms with Crippen LogP contribution in [0.15, 0.2) is 54.6 Å². The van der Waals surface area contributed by atoms with Crippen molar-refractivity contribution in [3.63, 3.8) is 0 Å². The van der Waals surface area contributed by atoms with Crippen molar-refractivity contribution >= 4 is 5.78 Å². The number of hydrogen-bond donors (Lipinski definition) is 0. The Hall–Kier alpha value is -1.93. The van der Waals surface area contributed by atoms with Crippen LogP contribution in [-0.4, -0.2) is 12.4 Å². The standard InChI is InChI=1S/C19H20O2/c1-15-8-10-16(11-9-15)18(20)14-19(12-5-13-21-19)17-6-3-2-4-7-17/h2-4,6-11H,5,12-14H2,1H3. The Bertz CT molecular complexity index is 608.